The normalized spacial score (nSPS) is 17.6. The molecule has 5 nitrogen and oxygen atoms in total. The molecule has 0 spiro atoms. The van der Waals surface area contributed by atoms with Gasteiger partial charge in [0.15, 0.2) is 0 Å². The van der Waals surface area contributed by atoms with Gasteiger partial charge < -0.3 is 15.2 Å². The van der Waals surface area contributed by atoms with Gasteiger partial charge in [-0.1, -0.05) is 12.1 Å². The molecule has 22 heavy (non-hydrogen) atoms. The number of anilines is 1. The van der Waals surface area contributed by atoms with Gasteiger partial charge >= 0.3 is 0 Å². The van der Waals surface area contributed by atoms with Crippen LogP contribution < -0.4 is 5.32 Å². The van der Waals surface area contributed by atoms with Crippen LogP contribution in [-0.2, 0) is 11.2 Å². The summed E-state index contributed by atoms with van der Waals surface area (Å²) in [7, 11) is 0. The van der Waals surface area contributed by atoms with Crippen LogP contribution in [0.5, 0.6) is 5.75 Å². The number of hydrogen-bond acceptors (Lipinski definition) is 5. The van der Waals surface area contributed by atoms with Crippen LogP contribution in [0.3, 0.4) is 0 Å². The van der Waals surface area contributed by atoms with Crippen molar-refractivity contribution in [3.8, 4) is 5.75 Å². The molecule has 2 heterocycles. The molecular weight excluding hydrogens is 278 g/mol. The Bertz CT molecular complexity index is 622. The fourth-order valence-corrected chi connectivity index (χ4v) is 2.66. The topological polar surface area (TPSA) is 67.3 Å². The fourth-order valence-electron chi connectivity index (χ4n) is 2.66. The summed E-state index contributed by atoms with van der Waals surface area (Å²) in [4.78, 5) is 8.98. The van der Waals surface area contributed by atoms with Gasteiger partial charge in [0.05, 0.1) is 12.3 Å². The largest absolute Gasteiger partial charge is 0.508 e. The molecule has 1 saturated heterocycles. The van der Waals surface area contributed by atoms with Crippen LogP contribution in [0.1, 0.15) is 29.4 Å². The second kappa shape index (κ2) is 6.75. The van der Waals surface area contributed by atoms with Crippen LogP contribution in [0, 0.1) is 6.92 Å². The number of rotatable bonds is 5. The smallest absolute Gasteiger partial charge is 0.129 e. The molecule has 3 rings (SSSR count). The summed E-state index contributed by atoms with van der Waals surface area (Å²) in [5.41, 5.74) is 2.25. The quantitative estimate of drug-likeness (QED) is 0.888. The molecule has 1 aliphatic rings. The van der Waals surface area contributed by atoms with Crippen molar-refractivity contribution in [1.29, 1.82) is 0 Å². The highest BCUT2D eigenvalue weighted by atomic mass is 16.5. The first-order chi connectivity index (χ1) is 10.7. The molecule has 1 atom stereocenters. The van der Waals surface area contributed by atoms with Gasteiger partial charge in [-0.05, 0) is 37.5 Å². The number of aromatic nitrogens is 2. The van der Waals surface area contributed by atoms with Crippen molar-refractivity contribution in [2.24, 2.45) is 0 Å². The second-order valence-corrected chi connectivity index (χ2v) is 5.63. The average molecular weight is 299 g/mol. The zero-order chi connectivity index (χ0) is 15.4. The molecular formula is C17H21N3O2. The van der Waals surface area contributed by atoms with E-state index in [4.69, 9.17) is 4.74 Å². The van der Waals surface area contributed by atoms with E-state index in [1.165, 1.54) is 5.56 Å². The molecule has 0 bridgehead atoms. The maximum Gasteiger partial charge on any atom is 0.129 e. The SMILES string of the molecule is Cc1nc(NCCc2ccc(O)cc2)cc([C@H]2CCOC2)n1. The lowest BCUT2D eigenvalue weighted by atomic mass is 10.0. The number of hydrogen-bond donors (Lipinski definition) is 2. The summed E-state index contributed by atoms with van der Waals surface area (Å²) in [5.74, 6) is 2.34. The Morgan fingerprint density at radius 3 is 2.82 bits per heavy atom. The van der Waals surface area contributed by atoms with E-state index in [9.17, 15) is 5.11 Å². The molecule has 0 saturated carbocycles. The van der Waals surface area contributed by atoms with Crippen LogP contribution in [0.15, 0.2) is 30.3 Å². The van der Waals surface area contributed by atoms with Gasteiger partial charge in [-0.2, -0.15) is 0 Å². The van der Waals surface area contributed by atoms with E-state index in [0.29, 0.717) is 11.7 Å². The number of phenols is 1. The minimum atomic E-state index is 0.298. The fraction of sp³-hybridized carbons (Fsp3) is 0.412. The molecule has 116 valence electrons. The van der Waals surface area contributed by atoms with Gasteiger partial charge in [-0.25, -0.2) is 9.97 Å². The van der Waals surface area contributed by atoms with Gasteiger partial charge in [0.2, 0.25) is 0 Å². The maximum atomic E-state index is 9.28. The van der Waals surface area contributed by atoms with Crippen molar-refractivity contribution in [3.63, 3.8) is 0 Å². The van der Waals surface area contributed by atoms with Crippen molar-refractivity contribution in [2.45, 2.75) is 25.7 Å². The van der Waals surface area contributed by atoms with Gasteiger partial charge in [0.25, 0.3) is 0 Å². The number of aryl methyl sites for hydroxylation is 1. The Morgan fingerprint density at radius 1 is 1.27 bits per heavy atom. The molecule has 1 aliphatic heterocycles. The predicted molar refractivity (Wildman–Crippen MR) is 85.2 cm³/mol. The Kier molecular flexibility index (Phi) is 4.53. The van der Waals surface area contributed by atoms with Gasteiger partial charge in [-0.15, -0.1) is 0 Å². The molecule has 0 aliphatic carbocycles. The monoisotopic (exact) mass is 299 g/mol. The number of aromatic hydroxyl groups is 1. The van der Waals surface area contributed by atoms with E-state index in [-0.39, 0.29) is 0 Å². The van der Waals surface area contributed by atoms with Crippen molar-refractivity contribution in [3.05, 3.63) is 47.4 Å². The van der Waals surface area contributed by atoms with Gasteiger partial charge in [0.1, 0.15) is 17.4 Å². The predicted octanol–water partition coefficient (Wildman–Crippen LogP) is 2.65. The summed E-state index contributed by atoms with van der Waals surface area (Å²) in [5, 5.41) is 12.6. The van der Waals surface area contributed by atoms with E-state index < -0.39 is 0 Å². The lowest BCUT2D eigenvalue weighted by Gasteiger charge is -2.11. The van der Waals surface area contributed by atoms with Gasteiger partial charge in [-0.3, -0.25) is 0 Å². The van der Waals surface area contributed by atoms with Crippen molar-refractivity contribution >= 4 is 5.82 Å². The van der Waals surface area contributed by atoms with Crippen LogP contribution in [0.2, 0.25) is 0 Å². The lowest BCUT2D eigenvalue weighted by molar-refractivity contribution is 0.193. The van der Waals surface area contributed by atoms with Crippen LogP contribution in [-0.4, -0.2) is 34.8 Å². The van der Waals surface area contributed by atoms with E-state index in [1.54, 1.807) is 12.1 Å². The summed E-state index contributed by atoms with van der Waals surface area (Å²) in [6, 6.07) is 9.32. The van der Waals surface area contributed by atoms with E-state index in [1.807, 2.05) is 25.1 Å². The van der Waals surface area contributed by atoms with Crippen LogP contribution in [0.25, 0.3) is 0 Å². The summed E-state index contributed by atoms with van der Waals surface area (Å²) in [6.45, 7) is 4.28. The zero-order valence-electron chi connectivity index (χ0n) is 12.7. The first kappa shape index (κ1) is 14.8. The third-order valence-corrected chi connectivity index (χ3v) is 3.86. The van der Waals surface area contributed by atoms with Crippen molar-refractivity contribution in [2.75, 3.05) is 25.1 Å². The van der Waals surface area contributed by atoms with Crippen LogP contribution >= 0.6 is 0 Å². The Balaban J connectivity index is 1.61. The van der Waals surface area contributed by atoms with E-state index in [0.717, 1.165) is 49.9 Å². The Hall–Kier alpha value is -2.14. The number of nitrogens with zero attached hydrogens (tertiary/aromatic N) is 2. The number of benzene rings is 1. The average Bonchev–Trinajstić information content (AvgIpc) is 3.03. The third-order valence-electron chi connectivity index (χ3n) is 3.86. The molecule has 1 fully saturated rings. The van der Waals surface area contributed by atoms with E-state index >= 15 is 0 Å². The highest BCUT2D eigenvalue weighted by Crippen LogP contribution is 2.25. The molecule has 0 amide bonds. The molecule has 2 N–H and O–H groups in total. The zero-order valence-corrected chi connectivity index (χ0v) is 12.7. The molecule has 1 aromatic heterocycles. The van der Waals surface area contributed by atoms with E-state index in [2.05, 4.69) is 15.3 Å². The molecule has 1 aromatic carbocycles. The molecule has 2 aromatic rings. The minimum absolute atomic E-state index is 0.298. The van der Waals surface area contributed by atoms with Gasteiger partial charge in [0, 0.05) is 25.1 Å². The summed E-state index contributed by atoms with van der Waals surface area (Å²) < 4.78 is 5.44. The Morgan fingerprint density at radius 2 is 2.09 bits per heavy atom. The Labute approximate surface area is 130 Å². The second-order valence-electron chi connectivity index (χ2n) is 5.63. The van der Waals surface area contributed by atoms with Crippen LogP contribution in [0.4, 0.5) is 5.82 Å². The highest BCUT2D eigenvalue weighted by Gasteiger charge is 2.20. The third kappa shape index (κ3) is 3.74. The highest BCUT2D eigenvalue weighted by molar-refractivity contribution is 5.37. The molecule has 5 heteroatoms. The number of nitrogens with one attached hydrogen (secondary N) is 1. The standard InChI is InChI=1S/C17H21N3O2/c1-12-19-16(14-7-9-22-11-14)10-17(20-12)18-8-6-13-2-4-15(21)5-3-13/h2-5,10,14,21H,6-9,11H2,1H3,(H,18,19,20)/t14-/m0/s1. The van der Waals surface area contributed by atoms with Crippen molar-refractivity contribution < 1.29 is 9.84 Å². The minimum Gasteiger partial charge on any atom is -0.508 e. The molecule has 0 radical (unpaired) electrons. The number of ether oxygens (including phenoxy) is 1. The lowest BCUT2D eigenvalue weighted by Crippen LogP contribution is -2.10. The molecule has 0 unspecified atom stereocenters. The maximum absolute atomic E-state index is 9.28. The summed E-state index contributed by atoms with van der Waals surface area (Å²) in [6.07, 6.45) is 1.91. The first-order valence-corrected chi connectivity index (χ1v) is 7.66. The number of phenolic OH excluding ortho intramolecular Hbond substituents is 1. The van der Waals surface area contributed by atoms with Crippen molar-refractivity contribution in [1.82, 2.24) is 9.97 Å². The first-order valence-electron chi connectivity index (χ1n) is 7.66. The summed E-state index contributed by atoms with van der Waals surface area (Å²) >= 11 is 0.